The lowest BCUT2D eigenvalue weighted by Crippen LogP contribution is -1.82. The number of furan rings is 1. The number of rotatable bonds is 1. The molecule has 0 atom stereocenters. The molecule has 1 aromatic heterocycles. The topological polar surface area (TPSA) is 63.0 Å². The lowest BCUT2D eigenvalue weighted by molar-refractivity contribution is 0.635. The van der Waals surface area contributed by atoms with Crippen LogP contribution in [0.15, 0.2) is 29.2 Å². The minimum atomic E-state index is 0.168. The maximum Gasteiger partial charge on any atom is 0.209 e. The molecule has 2 aromatic rings. The van der Waals surface area contributed by atoms with Gasteiger partial charge in [0.25, 0.3) is 0 Å². The Morgan fingerprint density at radius 2 is 2.27 bits per heavy atom. The third-order valence-corrected chi connectivity index (χ3v) is 2.31. The van der Waals surface area contributed by atoms with Gasteiger partial charge in [0.2, 0.25) is 5.88 Å². The summed E-state index contributed by atoms with van der Waals surface area (Å²) in [6.07, 6.45) is 0. The van der Waals surface area contributed by atoms with Gasteiger partial charge in [0.15, 0.2) is 0 Å². The number of nitrogen functional groups attached to an aromatic ring is 1. The Morgan fingerprint density at radius 1 is 1.53 bits per heavy atom. The maximum atomic E-state index is 8.92. The summed E-state index contributed by atoms with van der Waals surface area (Å²) in [6.45, 7) is 5.74. The summed E-state index contributed by atoms with van der Waals surface area (Å²) in [7, 11) is 0. The summed E-state index contributed by atoms with van der Waals surface area (Å²) in [4.78, 5) is 0. The van der Waals surface area contributed by atoms with Crippen LogP contribution in [0, 0.1) is 11.3 Å². The van der Waals surface area contributed by atoms with Crippen molar-refractivity contribution in [1.82, 2.24) is 0 Å². The number of nitriles is 1. The van der Waals surface area contributed by atoms with E-state index in [9.17, 15) is 0 Å². The molecule has 0 fully saturated rings. The molecule has 0 aliphatic carbocycles. The number of hydrogen-bond donors (Lipinski definition) is 1. The molecule has 0 radical (unpaired) electrons. The van der Waals surface area contributed by atoms with Gasteiger partial charge in [0, 0.05) is 10.9 Å². The van der Waals surface area contributed by atoms with Gasteiger partial charge < -0.3 is 10.2 Å². The molecule has 2 rings (SSSR count). The normalized spacial score (nSPS) is 10.1. The van der Waals surface area contributed by atoms with Gasteiger partial charge in [-0.25, -0.2) is 0 Å². The van der Waals surface area contributed by atoms with E-state index in [1.54, 1.807) is 0 Å². The van der Waals surface area contributed by atoms with E-state index in [-0.39, 0.29) is 5.88 Å². The highest BCUT2D eigenvalue weighted by Gasteiger charge is 2.13. The third-order valence-electron chi connectivity index (χ3n) is 2.31. The molecule has 3 heteroatoms. The van der Waals surface area contributed by atoms with E-state index in [0.29, 0.717) is 11.1 Å². The molecule has 0 saturated carbocycles. The standard InChI is InChI=1S/C12H10N2O/c1-7(2)8-4-3-5-9-10(6-13)12(14)15-11(8)9/h3-5H,1,14H2,2H3. The van der Waals surface area contributed by atoms with Gasteiger partial charge in [-0.1, -0.05) is 18.7 Å². The van der Waals surface area contributed by atoms with Crippen LogP contribution in [-0.2, 0) is 0 Å². The Labute approximate surface area is 87.4 Å². The summed E-state index contributed by atoms with van der Waals surface area (Å²) >= 11 is 0. The quantitative estimate of drug-likeness (QED) is 0.766. The molecule has 0 bridgehead atoms. The summed E-state index contributed by atoms with van der Waals surface area (Å²) in [5.41, 5.74) is 8.43. The molecule has 0 aliphatic rings. The van der Waals surface area contributed by atoms with Gasteiger partial charge in [-0.3, -0.25) is 0 Å². The molecule has 3 nitrogen and oxygen atoms in total. The van der Waals surface area contributed by atoms with Gasteiger partial charge in [-0.2, -0.15) is 5.26 Å². The fourth-order valence-electron chi connectivity index (χ4n) is 1.59. The van der Waals surface area contributed by atoms with Crippen molar-refractivity contribution >= 4 is 22.4 Å². The molecule has 15 heavy (non-hydrogen) atoms. The van der Waals surface area contributed by atoms with Crippen LogP contribution in [-0.4, -0.2) is 0 Å². The molecule has 2 N–H and O–H groups in total. The van der Waals surface area contributed by atoms with Crippen LogP contribution in [0.5, 0.6) is 0 Å². The average molecular weight is 198 g/mol. The molecular formula is C12H10N2O. The smallest absolute Gasteiger partial charge is 0.209 e. The Hall–Kier alpha value is -2.21. The number of allylic oxidation sites excluding steroid dienone is 1. The molecule has 1 aromatic carbocycles. The van der Waals surface area contributed by atoms with Crippen molar-refractivity contribution in [1.29, 1.82) is 5.26 Å². The average Bonchev–Trinajstić information content (AvgIpc) is 2.52. The van der Waals surface area contributed by atoms with E-state index in [1.165, 1.54) is 0 Å². The number of anilines is 1. The number of nitrogens with two attached hydrogens (primary N) is 1. The van der Waals surface area contributed by atoms with Crippen LogP contribution in [0.4, 0.5) is 5.88 Å². The number of benzene rings is 1. The Morgan fingerprint density at radius 3 is 2.87 bits per heavy atom. The van der Waals surface area contributed by atoms with Crippen molar-refractivity contribution in [3.8, 4) is 6.07 Å². The first-order valence-corrected chi connectivity index (χ1v) is 4.52. The first kappa shape index (κ1) is 9.35. The predicted molar refractivity (Wildman–Crippen MR) is 60.0 cm³/mol. The molecular weight excluding hydrogens is 188 g/mol. The molecule has 74 valence electrons. The Balaban J connectivity index is 2.91. The van der Waals surface area contributed by atoms with Crippen LogP contribution in [0.1, 0.15) is 18.1 Å². The van der Waals surface area contributed by atoms with Gasteiger partial charge in [-0.15, -0.1) is 0 Å². The van der Waals surface area contributed by atoms with E-state index in [1.807, 2.05) is 31.2 Å². The van der Waals surface area contributed by atoms with Gasteiger partial charge in [-0.05, 0) is 18.6 Å². The first-order valence-electron chi connectivity index (χ1n) is 4.52. The highest BCUT2D eigenvalue weighted by molar-refractivity contribution is 5.95. The zero-order valence-corrected chi connectivity index (χ0v) is 8.37. The van der Waals surface area contributed by atoms with Crippen molar-refractivity contribution in [2.75, 3.05) is 5.73 Å². The first-order chi connectivity index (χ1) is 7.15. The van der Waals surface area contributed by atoms with Crippen molar-refractivity contribution in [3.05, 3.63) is 35.9 Å². The van der Waals surface area contributed by atoms with Crippen molar-refractivity contribution < 1.29 is 4.42 Å². The second-order valence-electron chi connectivity index (χ2n) is 3.42. The van der Waals surface area contributed by atoms with Gasteiger partial charge in [0.05, 0.1) is 0 Å². The van der Waals surface area contributed by atoms with Crippen molar-refractivity contribution in [2.45, 2.75) is 6.92 Å². The van der Waals surface area contributed by atoms with Crippen LogP contribution in [0.2, 0.25) is 0 Å². The molecule has 0 spiro atoms. The summed E-state index contributed by atoms with van der Waals surface area (Å²) in [5.74, 6) is 0.168. The second kappa shape index (κ2) is 3.18. The van der Waals surface area contributed by atoms with Crippen LogP contribution in [0.25, 0.3) is 16.5 Å². The fourth-order valence-corrected chi connectivity index (χ4v) is 1.59. The van der Waals surface area contributed by atoms with E-state index in [2.05, 4.69) is 6.58 Å². The number of nitrogens with zero attached hydrogens (tertiary/aromatic N) is 1. The van der Waals surface area contributed by atoms with Crippen LogP contribution >= 0.6 is 0 Å². The van der Waals surface area contributed by atoms with Gasteiger partial charge in [0.1, 0.15) is 17.2 Å². The lowest BCUT2D eigenvalue weighted by atomic mass is 10.0. The predicted octanol–water partition coefficient (Wildman–Crippen LogP) is 2.92. The van der Waals surface area contributed by atoms with Crippen LogP contribution < -0.4 is 5.73 Å². The van der Waals surface area contributed by atoms with Crippen LogP contribution in [0.3, 0.4) is 0 Å². The van der Waals surface area contributed by atoms with E-state index in [4.69, 9.17) is 15.4 Å². The Kier molecular flexibility index (Phi) is 1.98. The Bertz CT molecular complexity index is 587. The zero-order chi connectivity index (χ0) is 11.0. The summed E-state index contributed by atoms with van der Waals surface area (Å²) in [6, 6.07) is 7.62. The van der Waals surface area contributed by atoms with Crippen molar-refractivity contribution in [2.24, 2.45) is 0 Å². The third kappa shape index (κ3) is 1.27. The minimum absolute atomic E-state index is 0.168. The lowest BCUT2D eigenvalue weighted by Gasteiger charge is -1.99. The number of para-hydroxylation sites is 1. The molecule has 0 amide bonds. The SMILES string of the molecule is C=C(C)c1cccc2c(C#N)c(N)oc12. The highest BCUT2D eigenvalue weighted by atomic mass is 16.3. The number of hydrogen-bond acceptors (Lipinski definition) is 3. The van der Waals surface area contributed by atoms with E-state index < -0.39 is 0 Å². The van der Waals surface area contributed by atoms with E-state index >= 15 is 0 Å². The van der Waals surface area contributed by atoms with Gasteiger partial charge >= 0.3 is 0 Å². The van der Waals surface area contributed by atoms with E-state index in [0.717, 1.165) is 16.5 Å². The maximum absolute atomic E-state index is 8.92. The minimum Gasteiger partial charge on any atom is -0.439 e. The summed E-state index contributed by atoms with van der Waals surface area (Å²) in [5, 5.41) is 9.67. The largest absolute Gasteiger partial charge is 0.439 e. The van der Waals surface area contributed by atoms with Crippen molar-refractivity contribution in [3.63, 3.8) is 0 Å². The second-order valence-corrected chi connectivity index (χ2v) is 3.42. The molecule has 0 aliphatic heterocycles. The highest BCUT2D eigenvalue weighted by Crippen LogP contribution is 2.32. The molecule has 0 saturated heterocycles. The fraction of sp³-hybridized carbons (Fsp3) is 0.0833. The summed E-state index contributed by atoms with van der Waals surface area (Å²) < 4.78 is 5.38. The molecule has 1 heterocycles. The monoisotopic (exact) mass is 198 g/mol. The molecule has 0 unspecified atom stereocenters. The zero-order valence-electron chi connectivity index (χ0n) is 8.37. The number of fused-ring (bicyclic) bond motifs is 1.